The average Bonchev–Trinajstić information content (AvgIpc) is 2.84. The van der Waals surface area contributed by atoms with Gasteiger partial charge in [0.1, 0.15) is 12.4 Å². The van der Waals surface area contributed by atoms with Crippen molar-refractivity contribution >= 4 is 15.8 Å². The average molecular weight is 292 g/mol. The second kappa shape index (κ2) is 5.73. The van der Waals surface area contributed by atoms with E-state index in [1.165, 1.54) is 29.4 Å². The van der Waals surface area contributed by atoms with E-state index in [-0.39, 0.29) is 17.5 Å². The van der Waals surface area contributed by atoms with Crippen molar-refractivity contribution in [3.63, 3.8) is 0 Å². The highest BCUT2D eigenvalue weighted by molar-refractivity contribution is 7.92. The molecule has 0 unspecified atom stereocenters. The van der Waals surface area contributed by atoms with Crippen LogP contribution in [0.15, 0.2) is 35.9 Å². The first-order valence-corrected chi connectivity index (χ1v) is 7.06. The molecule has 0 aliphatic heterocycles. The lowest BCUT2D eigenvalue weighted by molar-refractivity contribution is 0.350. The molecule has 2 aromatic rings. The summed E-state index contributed by atoms with van der Waals surface area (Å²) in [5.41, 5.74) is 0.549. The zero-order chi connectivity index (χ0) is 14.6. The zero-order valence-electron chi connectivity index (χ0n) is 10.6. The molecule has 0 spiro atoms. The Kier molecular flexibility index (Phi) is 4.02. The van der Waals surface area contributed by atoms with Crippen molar-refractivity contribution in [2.75, 3.05) is 11.3 Å². The molecular formula is C12H12N4O3S. The molecule has 2 rings (SSSR count). The van der Waals surface area contributed by atoms with Gasteiger partial charge in [-0.2, -0.15) is 8.42 Å². The molecule has 8 heteroatoms. The van der Waals surface area contributed by atoms with Crippen LogP contribution in [0.5, 0.6) is 0 Å². The van der Waals surface area contributed by atoms with Crippen LogP contribution in [0.4, 0.5) is 5.82 Å². The summed E-state index contributed by atoms with van der Waals surface area (Å²) in [6.07, 6.45) is 4.21. The molecule has 0 atom stereocenters. The molecule has 2 aromatic heterocycles. The molecule has 0 bridgehead atoms. The first-order chi connectivity index (χ1) is 9.51. The Labute approximate surface area is 116 Å². The third-order valence-corrected chi connectivity index (χ3v) is 3.51. The quantitative estimate of drug-likeness (QED) is 0.774. The fourth-order valence-corrected chi connectivity index (χ4v) is 2.41. The number of aromatic nitrogens is 3. The van der Waals surface area contributed by atoms with Crippen LogP contribution in [0.3, 0.4) is 0 Å². The lowest BCUT2D eigenvalue weighted by atomic mass is 10.2. The fraction of sp³-hybridized carbons (Fsp3) is 0.167. The number of pyridine rings is 1. The summed E-state index contributed by atoms with van der Waals surface area (Å²) in [5.74, 6) is 5.28. The molecule has 2 heterocycles. The van der Waals surface area contributed by atoms with Crippen LogP contribution < -0.4 is 4.72 Å². The molecule has 0 aliphatic carbocycles. The Hall–Kier alpha value is -2.37. The fourth-order valence-electron chi connectivity index (χ4n) is 1.42. The van der Waals surface area contributed by atoms with Crippen molar-refractivity contribution < 1.29 is 13.5 Å². The normalized spacial score (nSPS) is 10.7. The van der Waals surface area contributed by atoms with E-state index in [0.717, 1.165) is 0 Å². The van der Waals surface area contributed by atoms with Gasteiger partial charge in [-0.1, -0.05) is 11.8 Å². The number of hydrogen-bond donors (Lipinski definition) is 2. The minimum atomic E-state index is -3.77. The van der Waals surface area contributed by atoms with Gasteiger partial charge in [-0.3, -0.25) is 4.72 Å². The molecule has 0 aliphatic rings. The Bertz CT molecular complexity index is 771. The maximum absolute atomic E-state index is 12.0. The number of aliphatic hydroxyl groups is 1. The monoisotopic (exact) mass is 292 g/mol. The zero-order valence-corrected chi connectivity index (χ0v) is 11.4. The number of nitrogens with zero attached hydrogens (tertiary/aromatic N) is 3. The van der Waals surface area contributed by atoms with Gasteiger partial charge >= 0.3 is 0 Å². The molecular weight excluding hydrogens is 280 g/mol. The van der Waals surface area contributed by atoms with Gasteiger partial charge in [0.15, 0.2) is 5.03 Å². The van der Waals surface area contributed by atoms with Crippen molar-refractivity contribution in [2.24, 2.45) is 7.05 Å². The summed E-state index contributed by atoms with van der Waals surface area (Å²) < 4.78 is 27.9. The van der Waals surface area contributed by atoms with Crippen LogP contribution in [0.2, 0.25) is 0 Å². The Morgan fingerprint density at radius 3 is 2.90 bits per heavy atom. The molecule has 0 fully saturated rings. The van der Waals surface area contributed by atoms with Gasteiger partial charge in [0.2, 0.25) is 0 Å². The molecule has 104 valence electrons. The minimum Gasteiger partial charge on any atom is -0.384 e. The van der Waals surface area contributed by atoms with Gasteiger partial charge in [-0.05, 0) is 12.1 Å². The smallest absolute Gasteiger partial charge is 0.282 e. The third-order valence-electron chi connectivity index (χ3n) is 2.27. The largest absolute Gasteiger partial charge is 0.384 e. The van der Waals surface area contributed by atoms with Crippen LogP contribution >= 0.6 is 0 Å². The second-order valence-corrected chi connectivity index (χ2v) is 5.50. The standard InChI is InChI=1S/C12H12N4O3S/c1-16-8-12(14-9-16)20(18,19)15-11-7-10(3-2-6-17)4-5-13-11/h4-5,7-9,17H,6H2,1H3,(H,13,15). The first kappa shape index (κ1) is 14.0. The number of nitrogens with one attached hydrogen (secondary N) is 1. The highest BCUT2D eigenvalue weighted by Crippen LogP contribution is 2.12. The number of aliphatic hydroxyl groups excluding tert-OH is 1. The summed E-state index contributed by atoms with van der Waals surface area (Å²) in [4.78, 5) is 7.69. The predicted molar refractivity (Wildman–Crippen MR) is 72.2 cm³/mol. The van der Waals surface area contributed by atoms with Crippen molar-refractivity contribution in [2.45, 2.75) is 5.03 Å². The topological polar surface area (TPSA) is 97.1 Å². The van der Waals surface area contributed by atoms with E-state index in [1.807, 2.05) is 0 Å². The van der Waals surface area contributed by atoms with E-state index in [0.29, 0.717) is 5.56 Å². The summed E-state index contributed by atoms with van der Waals surface area (Å²) in [7, 11) is -2.10. The van der Waals surface area contributed by atoms with E-state index < -0.39 is 10.0 Å². The van der Waals surface area contributed by atoms with Gasteiger partial charge in [0.05, 0.1) is 6.33 Å². The number of sulfonamides is 1. The summed E-state index contributed by atoms with van der Waals surface area (Å²) in [6.45, 7) is -0.267. The van der Waals surface area contributed by atoms with E-state index in [4.69, 9.17) is 5.11 Å². The summed E-state index contributed by atoms with van der Waals surface area (Å²) in [5, 5.41) is 8.53. The molecule has 0 amide bonds. The number of anilines is 1. The Morgan fingerprint density at radius 2 is 2.25 bits per heavy atom. The van der Waals surface area contributed by atoms with E-state index in [2.05, 4.69) is 26.5 Å². The van der Waals surface area contributed by atoms with Crippen LogP contribution in [0.25, 0.3) is 0 Å². The molecule has 7 nitrogen and oxygen atoms in total. The lowest BCUT2D eigenvalue weighted by Gasteiger charge is -2.04. The van der Waals surface area contributed by atoms with Crippen LogP contribution in [0, 0.1) is 11.8 Å². The van der Waals surface area contributed by atoms with Crippen LogP contribution in [-0.4, -0.2) is 34.7 Å². The van der Waals surface area contributed by atoms with Crippen LogP contribution in [0.1, 0.15) is 5.56 Å². The van der Waals surface area contributed by atoms with Gasteiger partial charge in [0, 0.05) is 25.0 Å². The maximum Gasteiger partial charge on any atom is 0.282 e. The molecule has 0 aromatic carbocycles. The number of hydrogen-bond acceptors (Lipinski definition) is 5. The third kappa shape index (κ3) is 3.34. The number of imidazole rings is 1. The van der Waals surface area contributed by atoms with Crippen molar-refractivity contribution in [3.05, 3.63) is 36.4 Å². The van der Waals surface area contributed by atoms with Gasteiger partial charge in [-0.15, -0.1) is 0 Å². The van der Waals surface area contributed by atoms with Gasteiger partial charge < -0.3 is 9.67 Å². The SMILES string of the molecule is Cn1cnc(S(=O)(=O)Nc2cc(C#CCO)ccn2)c1. The molecule has 2 N–H and O–H groups in total. The second-order valence-electron chi connectivity index (χ2n) is 3.87. The molecule has 0 radical (unpaired) electrons. The first-order valence-electron chi connectivity index (χ1n) is 5.58. The Balaban J connectivity index is 2.25. The van der Waals surface area contributed by atoms with Crippen molar-refractivity contribution in [3.8, 4) is 11.8 Å². The van der Waals surface area contributed by atoms with Crippen LogP contribution in [-0.2, 0) is 17.1 Å². The van der Waals surface area contributed by atoms with E-state index in [9.17, 15) is 8.42 Å². The predicted octanol–water partition coefficient (Wildman–Crippen LogP) is -0.0403. The Morgan fingerprint density at radius 1 is 1.45 bits per heavy atom. The number of aryl methyl sites for hydroxylation is 1. The highest BCUT2D eigenvalue weighted by Gasteiger charge is 2.17. The molecule has 0 saturated heterocycles. The maximum atomic E-state index is 12.0. The van der Waals surface area contributed by atoms with E-state index in [1.54, 1.807) is 13.1 Å². The minimum absolute atomic E-state index is 0.0892. The molecule has 0 saturated carbocycles. The van der Waals surface area contributed by atoms with E-state index >= 15 is 0 Å². The molecule has 20 heavy (non-hydrogen) atoms. The summed E-state index contributed by atoms with van der Waals surface area (Å²) >= 11 is 0. The van der Waals surface area contributed by atoms with Gasteiger partial charge in [0.25, 0.3) is 10.0 Å². The van der Waals surface area contributed by atoms with Gasteiger partial charge in [-0.25, -0.2) is 9.97 Å². The lowest BCUT2D eigenvalue weighted by Crippen LogP contribution is -2.14. The summed E-state index contributed by atoms with van der Waals surface area (Å²) in [6, 6.07) is 3.09. The number of rotatable bonds is 3. The van der Waals surface area contributed by atoms with Crippen molar-refractivity contribution in [1.29, 1.82) is 0 Å². The van der Waals surface area contributed by atoms with Crippen molar-refractivity contribution in [1.82, 2.24) is 14.5 Å². The highest BCUT2D eigenvalue weighted by atomic mass is 32.2.